The van der Waals surface area contributed by atoms with Gasteiger partial charge in [0.05, 0.1) is 11.6 Å². The van der Waals surface area contributed by atoms with E-state index in [9.17, 15) is 4.79 Å². The fourth-order valence-corrected chi connectivity index (χ4v) is 2.58. The Morgan fingerprint density at radius 3 is 2.21 bits per heavy atom. The average Bonchev–Trinajstić information content (AvgIpc) is 2.77. The summed E-state index contributed by atoms with van der Waals surface area (Å²) in [6.07, 6.45) is 0. The minimum atomic E-state index is -0.650. The van der Waals surface area contributed by atoms with Crippen molar-refractivity contribution in [2.75, 3.05) is 0 Å². The van der Waals surface area contributed by atoms with Gasteiger partial charge in [0.15, 0.2) is 0 Å². The highest BCUT2D eigenvalue weighted by molar-refractivity contribution is 5.83. The largest absolute Gasteiger partial charge is 0.394 e. The molecule has 3 aromatic carbocycles. The molecule has 3 N–H and O–H groups in total. The van der Waals surface area contributed by atoms with Crippen LogP contribution in [-0.2, 0) is 11.3 Å². The Morgan fingerprint density at radius 2 is 1.57 bits per heavy atom. The third-order valence-corrected chi connectivity index (χ3v) is 4.06. The Labute approximate surface area is 163 Å². The van der Waals surface area contributed by atoms with E-state index in [4.69, 9.17) is 10.1 Å². The van der Waals surface area contributed by atoms with Crippen LogP contribution < -0.4 is 21.2 Å². The van der Waals surface area contributed by atoms with Crippen molar-refractivity contribution in [1.29, 1.82) is 5.26 Å². The summed E-state index contributed by atoms with van der Waals surface area (Å²) < 4.78 is 0. The fraction of sp³-hybridized carbons (Fsp3) is 0.0909. The molecule has 0 saturated heterocycles. The normalized spacial score (nSPS) is 11.2. The van der Waals surface area contributed by atoms with E-state index in [1.165, 1.54) is 0 Å². The van der Waals surface area contributed by atoms with E-state index < -0.39 is 6.04 Å². The maximum Gasteiger partial charge on any atom is 0.243 e. The molecule has 1 atom stereocenters. The van der Waals surface area contributed by atoms with Crippen molar-refractivity contribution in [3.8, 4) is 11.8 Å². The van der Waals surface area contributed by atoms with Gasteiger partial charge in [-0.1, -0.05) is 66.3 Å². The first-order valence-electron chi connectivity index (χ1n) is 8.80. The first-order chi connectivity index (χ1) is 13.8. The third-order valence-electron chi connectivity index (χ3n) is 4.06. The monoisotopic (exact) mass is 372 g/mol. The number of nitrogens with zero attached hydrogens (tertiary/aromatic N) is 1. The van der Waals surface area contributed by atoms with E-state index in [0.29, 0.717) is 17.9 Å². The zero-order chi connectivity index (χ0) is 19.6. The van der Waals surface area contributed by atoms with Crippen LogP contribution in [0.25, 0.3) is 0 Å². The van der Waals surface area contributed by atoms with Crippen LogP contribution in [0, 0.1) is 11.3 Å². The zero-order valence-corrected chi connectivity index (χ0v) is 15.1. The number of nitriles is 1. The average molecular weight is 372 g/mol. The highest BCUT2D eigenvalue weighted by Crippen LogP contribution is 2.14. The summed E-state index contributed by atoms with van der Waals surface area (Å²) in [6, 6.07) is 27.1. The van der Waals surface area contributed by atoms with Crippen molar-refractivity contribution in [3.63, 3.8) is 0 Å². The molecule has 0 heterocycles. The minimum absolute atomic E-state index is 0.189. The summed E-state index contributed by atoms with van der Waals surface area (Å²) in [6.45, 7) is 0.432. The van der Waals surface area contributed by atoms with Gasteiger partial charge in [0, 0.05) is 6.54 Å². The van der Waals surface area contributed by atoms with Crippen molar-refractivity contribution in [2.45, 2.75) is 12.6 Å². The lowest BCUT2D eigenvalue weighted by molar-refractivity contribution is -0.124. The molecule has 1 amide bonds. The van der Waals surface area contributed by atoms with Crippen molar-refractivity contribution < 1.29 is 9.63 Å². The van der Waals surface area contributed by atoms with Gasteiger partial charge >= 0.3 is 0 Å². The molecule has 140 valence electrons. The third kappa shape index (κ3) is 5.42. The van der Waals surface area contributed by atoms with Gasteiger partial charge < -0.3 is 10.2 Å². The van der Waals surface area contributed by atoms with Gasteiger partial charge in [-0.15, -0.1) is 0 Å². The van der Waals surface area contributed by atoms with Crippen molar-refractivity contribution >= 4 is 5.91 Å². The molecule has 3 aromatic rings. The molecule has 1 unspecified atom stereocenters. The number of carbonyl (C=O) groups is 1. The molecular formula is C22H20N4O2. The molecule has 0 fully saturated rings. The topological polar surface area (TPSA) is 86.2 Å². The molecule has 0 radical (unpaired) electrons. The number of rotatable bonds is 8. The number of hydrazine groups is 1. The predicted octanol–water partition coefficient (Wildman–Crippen LogP) is 3.00. The Hall–Kier alpha value is -3.66. The lowest BCUT2D eigenvalue weighted by atomic mass is 10.1. The Morgan fingerprint density at radius 1 is 0.929 bits per heavy atom. The second kappa shape index (κ2) is 9.88. The Bertz CT molecular complexity index is 922. The van der Waals surface area contributed by atoms with Crippen LogP contribution in [-0.4, -0.2) is 5.91 Å². The summed E-state index contributed by atoms with van der Waals surface area (Å²) in [4.78, 5) is 18.2. The molecule has 0 aromatic heterocycles. The highest BCUT2D eigenvalue weighted by Gasteiger charge is 2.20. The van der Waals surface area contributed by atoms with Crippen molar-refractivity contribution in [2.24, 2.45) is 0 Å². The lowest BCUT2D eigenvalue weighted by Crippen LogP contribution is -2.45. The number of hydrogen-bond acceptors (Lipinski definition) is 5. The Kier molecular flexibility index (Phi) is 6.74. The van der Waals surface area contributed by atoms with Crippen LogP contribution in [0.4, 0.5) is 0 Å². The van der Waals surface area contributed by atoms with E-state index in [0.717, 1.165) is 11.1 Å². The molecule has 0 spiro atoms. The van der Waals surface area contributed by atoms with Crippen molar-refractivity contribution in [1.82, 2.24) is 16.3 Å². The zero-order valence-electron chi connectivity index (χ0n) is 15.1. The Balaban J connectivity index is 1.61. The van der Waals surface area contributed by atoms with Gasteiger partial charge in [0.25, 0.3) is 0 Å². The van der Waals surface area contributed by atoms with E-state index in [2.05, 4.69) is 16.3 Å². The van der Waals surface area contributed by atoms with Gasteiger partial charge in [-0.3, -0.25) is 4.79 Å². The van der Waals surface area contributed by atoms with Crippen LogP contribution in [0.15, 0.2) is 84.9 Å². The molecular weight excluding hydrogens is 352 g/mol. The summed E-state index contributed by atoms with van der Waals surface area (Å²) in [5, 5.41) is 11.8. The maximum absolute atomic E-state index is 12.7. The quantitative estimate of drug-likeness (QED) is 0.529. The molecule has 0 aliphatic heterocycles. The van der Waals surface area contributed by atoms with E-state index in [1.807, 2.05) is 66.7 Å². The van der Waals surface area contributed by atoms with Crippen LogP contribution in [0.5, 0.6) is 5.75 Å². The van der Waals surface area contributed by atoms with E-state index in [1.54, 1.807) is 24.3 Å². The lowest BCUT2D eigenvalue weighted by Gasteiger charge is -2.19. The van der Waals surface area contributed by atoms with E-state index in [-0.39, 0.29) is 5.91 Å². The smallest absolute Gasteiger partial charge is 0.243 e. The summed E-state index contributed by atoms with van der Waals surface area (Å²) in [7, 11) is 0. The number of benzene rings is 3. The molecule has 3 rings (SSSR count). The van der Waals surface area contributed by atoms with Crippen LogP contribution in [0.2, 0.25) is 0 Å². The van der Waals surface area contributed by atoms with Gasteiger partial charge in [-0.25, -0.2) is 5.43 Å². The fourth-order valence-electron chi connectivity index (χ4n) is 2.58. The van der Waals surface area contributed by atoms with Crippen LogP contribution >= 0.6 is 0 Å². The minimum Gasteiger partial charge on any atom is -0.394 e. The number of nitrogens with one attached hydrogen (secondary N) is 3. The van der Waals surface area contributed by atoms with Gasteiger partial charge in [0.2, 0.25) is 5.91 Å². The summed E-state index contributed by atoms with van der Waals surface area (Å²) in [5.74, 6) is 0.328. The van der Waals surface area contributed by atoms with Gasteiger partial charge in [-0.2, -0.15) is 5.26 Å². The number of carbonyl (C=O) groups excluding carboxylic acids is 1. The predicted molar refractivity (Wildman–Crippen MR) is 106 cm³/mol. The summed E-state index contributed by atoms with van der Waals surface area (Å²) >= 11 is 0. The maximum atomic E-state index is 12.7. The highest BCUT2D eigenvalue weighted by atomic mass is 16.7. The standard InChI is InChI=1S/C22H20N4O2/c23-15-17-11-13-20(14-12-17)28-26-25-21(19-9-5-2-6-10-19)22(27)24-16-18-7-3-1-4-8-18/h1-14,21,25-26H,16H2,(H,24,27). The second-order valence-corrected chi connectivity index (χ2v) is 6.03. The van der Waals surface area contributed by atoms with Gasteiger partial charge in [-0.05, 0) is 35.4 Å². The molecule has 0 aliphatic rings. The first kappa shape index (κ1) is 19.1. The second-order valence-electron chi connectivity index (χ2n) is 6.03. The van der Waals surface area contributed by atoms with Crippen LogP contribution in [0.1, 0.15) is 22.7 Å². The molecule has 0 aliphatic carbocycles. The molecule has 0 saturated carbocycles. The molecule has 6 heteroatoms. The van der Waals surface area contributed by atoms with Crippen LogP contribution in [0.3, 0.4) is 0 Å². The SMILES string of the molecule is N#Cc1ccc(ONNC(C(=O)NCc2ccccc2)c2ccccc2)cc1. The number of amides is 1. The first-order valence-corrected chi connectivity index (χ1v) is 8.80. The van der Waals surface area contributed by atoms with Crippen molar-refractivity contribution in [3.05, 3.63) is 102 Å². The summed E-state index contributed by atoms with van der Waals surface area (Å²) in [5.41, 5.74) is 7.88. The number of hydrogen-bond donors (Lipinski definition) is 3. The molecule has 6 nitrogen and oxygen atoms in total. The van der Waals surface area contributed by atoms with Gasteiger partial charge in [0.1, 0.15) is 11.8 Å². The van der Waals surface area contributed by atoms with E-state index >= 15 is 0 Å². The molecule has 0 bridgehead atoms. The molecule has 28 heavy (non-hydrogen) atoms.